The number of hydrogen-bond acceptors (Lipinski definition) is 5. The van der Waals surface area contributed by atoms with E-state index < -0.39 is 5.60 Å². The Morgan fingerprint density at radius 1 is 1.25 bits per heavy atom. The van der Waals surface area contributed by atoms with Crippen molar-refractivity contribution in [3.05, 3.63) is 35.9 Å². The normalized spacial score (nSPS) is 12.0. The highest BCUT2D eigenvalue weighted by Gasteiger charge is 2.18. The van der Waals surface area contributed by atoms with Gasteiger partial charge in [-0.3, -0.25) is 0 Å². The molecule has 0 saturated heterocycles. The van der Waals surface area contributed by atoms with Crippen molar-refractivity contribution in [3.63, 3.8) is 0 Å². The Morgan fingerprint density at radius 3 is 2.67 bits per heavy atom. The highest BCUT2D eigenvalue weighted by atomic mass is 19.1. The van der Waals surface area contributed by atoms with Crippen molar-refractivity contribution < 1.29 is 9.50 Å². The van der Waals surface area contributed by atoms with Gasteiger partial charge in [-0.2, -0.15) is 0 Å². The van der Waals surface area contributed by atoms with Gasteiger partial charge in [0.1, 0.15) is 17.5 Å². The van der Waals surface area contributed by atoms with Gasteiger partial charge >= 0.3 is 0 Å². The minimum atomic E-state index is -0.799. The number of anilines is 1. The average molecular weight is 329 g/mol. The van der Waals surface area contributed by atoms with Crippen LogP contribution in [0.5, 0.6) is 0 Å². The van der Waals surface area contributed by atoms with Gasteiger partial charge in [-0.05, 0) is 32.4 Å². The molecule has 7 heteroatoms. The lowest BCUT2D eigenvalue weighted by molar-refractivity contribution is 0.0708. The predicted molar refractivity (Wildman–Crippen MR) is 90.7 cm³/mol. The summed E-state index contributed by atoms with van der Waals surface area (Å²) < 4.78 is 15.3. The molecule has 3 aromatic rings. The summed E-state index contributed by atoms with van der Waals surface area (Å²) >= 11 is 0. The molecule has 2 heterocycles. The second-order valence-electron chi connectivity index (χ2n) is 6.51. The van der Waals surface area contributed by atoms with Crippen molar-refractivity contribution in [2.75, 3.05) is 5.73 Å². The topological polar surface area (TPSA) is 89.9 Å². The highest BCUT2D eigenvalue weighted by Crippen LogP contribution is 2.26. The summed E-state index contributed by atoms with van der Waals surface area (Å²) in [5.41, 5.74) is 6.95. The summed E-state index contributed by atoms with van der Waals surface area (Å²) in [6.07, 6.45) is 1.02. The molecule has 126 valence electrons. The summed E-state index contributed by atoms with van der Waals surface area (Å²) in [6, 6.07) is 6.21. The second-order valence-corrected chi connectivity index (χ2v) is 6.51. The molecule has 0 fully saturated rings. The molecule has 0 radical (unpaired) electrons. The van der Waals surface area contributed by atoms with Gasteiger partial charge in [0, 0.05) is 19.0 Å². The van der Waals surface area contributed by atoms with Crippen LogP contribution >= 0.6 is 0 Å². The quantitative estimate of drug-likeness (QED) is 0.767. The minimum absolute atomic E-state index is 0.281. The van der Waals surface area contributed by atoms with Crippen LogP contribution in [0.2, 0.25) is 0 Å². The van der Waals surface area contributed by atoms with Crippen molar-refractivity contribution in [1.82, 2.24) is 19.5 Å². The molecule has 6 nitrogen and oxygen atoms in total. The van der Waals surface area contributed by atoms with Gasteiger partial charge in [-0.25, -0.2) is 19.3 Å². The monoisotopic (exact) mass is 329 g/mol. The number of nitrogens with two attached hydrogens (primary N) is 1. The fraction of sp³-hybridized carbons (Fsp3) is 0.353. The first-order valence-electron chi connectivity index (χ1n) is 7.72. The zero-order chi connectivity index (χ0) is 17.5. The Balaban J connectivity index is 2.06. The van der Waals surface area contributed by atoms with E-state index in [0.29, 0.717) is 41.2 Å². The molecule has 0 spiro atoms. The van der Waals surface area contributed by atoms with Crippen LogP contribution in [0.3, 0.4) is 0 Å². The van der Waals surface area contributed by atoms with E-state index in [9.17, 15) is 9.50 Å². The number of hydrogen-bond donors (Lipinski definition) is 2. The van der Waals surface area contributed by atoms with E-state index in [1.165, 1.54) is 12.1 Å². The van der Waals surface area contributed by atoms with Crippen molar-refractivity contribution in [3.8, 4) is 11.4 Å². The molecule has 0 unspecified atom stereocenters. The Labute approximate surface area is 139 Å². The highest BCUT2D eigenvalue weighted by molar-refractivity contribution is 5.85. The van der Waals surface area contributed by atoms with Gasteiger partial charge < -0.3 is 15.4 Å². The van der Waals surface area contributed by atoms with Crippen molar-refractivity contribution in [1.29, 1.82) is 0 Å². The number of benzene rings is 1. The molecule has 0 atom stereocenters. The lowest BCUT2D eigenvalue weighted by Gasteiger charge is -2.15. The maximum absolute atomic E-state index is 13.5. The third kappa shape index (κ3) is 3.21. The molecular weight excluding hydrogens is 309 g/mol. The van der Waals surface area contributed by atoms with Crippen LogP contribution in [0, 0.1) is 5.82 Å². The first-order valence-corrected chi connectivity index (χ1v) is 7.72. The molecule has 3 N–H and O–H groups in total. The van der Waals surface area contributed by atoms with E-state index >= 15 is 0 Å². The number of nitrogen functional groups attached to an aromatic ring is 1. The number of fused-ring (bicyclic) bond motifs is 1. The number of aryl methyl sites for hydroxylation is 2. The summed E-state index contributed by atoms with van der Waals surface area (Å²) in [4.78, 5) is 13.3. The largest absolute Gasteiger partial charge is 0.390 e. The lowest BCUT2D eigenvalue weighted by atomic mass is 10.0. The summed E-state index contributed by atoms with van der Waals surface area (Å²) in [6.45, 7) is 3.47. The van der Waals surface area contributed by atoms with Gasteiger partial charge in [0.05, 0.1) is 5.60 Å². The van der Waals surface area contributed by atoms with E-state index in [-0.39, 0.29) is 11.6 Å². The Morgan fingerprint density at radius 2 is 2.00 bits per heavy atom. The predicted octanol–water partition coefficient (Wildman–Crippen LogP) is 2.46. The van der Waals surface area contributed by atoms with E-state index in [2.05, 4.69) is 15.0 Å². The molecular formula is C17H20FN5O. The van der Waals surface area contributed by atoms with Gasteiger partial charge in [-0.1, -0.05) is 12.1 Å². The van der Waals surface area contributed by atoms with E-state index in [4.69, 9.17) is 5.73 Å². The zero-order valence-corrected chi connectivity index (χ0v) is 13.9. The van der Waals surface area contributed by atoms with Crippen LogP contribution < -0.4 is 5.73 Å². The van der Waals surface area contributed by atoms with Crippen LogP contribution in [-0.4, -0.2) is 30.2 Å². The maximum atomic E-state index is 13.5. The maximum Gasteiger partial charge on any atom is 0.165 e. The fourth-order valence-electron chi connectivity index (χ4n) is 2.54. The third-order valence-corrected chi connectivity index (χ3v) is 3.84. The van der Waals surface area contributed by atoms with Gasteiger partial charge in [0.25, 0.3) is 0 Å². The van der Waals surface area contributed by atoms with Crippen LogP contribution in [0.15, 0.2) is 24.3 Å². The fourth-order valence-corrected chi connectivity index (χ4v) is 2.54. The van der Waals surface area contributed by atoms with E-state index in [0.717, 1.165) is 0 Å². The number of imidazole rings is 1. The molecule has 24 heavy (non-hydrogen) atoms. The Hall–Kier alpha value is -2.54. The van der Waals surface area contributed by atoms with Crippen molar-refractivity contribution in [2.24, 2.45) is 7.05 Å². The SMILES string of the molecule is Cn1c(-c2cccc(F)c2)nc2c(N)nc(CCC(C)(C)O)nc21. The second kappa shape index (κ2) is 5.83. The van der Waals surface area contributed by atoms with Crippen LogP contribution in [0.25, 0.3) is 22.6 Å². The number of aromatic nitrogens is 4. The van der Waals surface area contributed by atoms with Crippen LogP contribution in [0.1, 0.15) is 26.1 Å². The molecule has 0 aliphatic rings. The van der Waals surface area contributed by atoms with E-state index in [1.54, 1.807) is 30.5 Å². The molecule has 3 rings (SSSR count). The third-order valence-electron chi connectivity index (χ3n) is 3.84. The van der Waals surface area contributed by atoms with E-state index in [1.807, 2.05) is 7.05 Å². The Kier molecular flexibility index (Phi) is 3.96. The van der Waals surface area contributed by atoms with Gasteiger partial charge in [0.2, 0.25) is 0 Å². The zero-order valence-electron chi connectivity index (χ0n) is 13.9. The Bertz CT molecular complexity index is 898. The molecule has 0 saturated carbocycles. The lowest BCUT2D eigenvalue weighted by Crippen LogP contribution is -2.20. The summed E-state index contributed by atoms with van der Waals surface area (Å²) in [5, 5.41) is 9.86. The number of rotatable bonds is 4. The average Bonchev–Trinajstić information content (AvgIpc) is 2.83. The van der Waals surface area contributed by atoms with Crippen LogP contribution in [-0.2, 0) is 13.5 Å². The molecule has 0 aliphatic carbocycles. The van der Waals surface area contributed by atoms with Crippen molar-refractivity contribution >= 4 is 17.0 Å². The van der Waals surface area contributed by atoms with Crippen LogP contribution in [0.4, 0.5) is 10.2 Å². The van der Waals surface area contributed by atoms with Gasteiger partial charge in [-0.15, -0.1) is 0 Å². The number of nitrogens with zero attached hydrogens (tertiary/aromatic N) is 4. The standard InChI is InChI=1S/C17H20FN5O/c1-17(2,24)8-7-12-20-14(19)13-16(21-12)23(3)15(22-13)10-5-4-6-11(18)9-10/h4-6,9,24H,7-8H2,1-3H3,(H2,19,20,21). The van der Waals surface area contributed by atoms with Gasteiger partial charge in [0.15, 0.2) is 17.0 Å². The molecule has 2 aromatic heterocycles. The first-order chi connectivity index (χ1) is 11.2. The molecule has 1 aromatic carbocycles. The molecule has 0 aliphatic heterocycles. The smallest absolute Gasteiger partial charge is 0.165 e. The summed E-state index contributed by atoms with van der Waals surface area (Å²) in [7, 11) is 1.81. The molecule has 0 amide bonds. The number of halogens is 1. The minimum Gasteiger partial charge on any atom is -0.390 e. The number of aliphatic hydroxyl groups is 1. The van der Waals surface area contributed by atoms with Crippen molar-refractivity contribution in [2.45, 2.75) is 32.3 Å². The summed E-state index contributed by atoms with van der Waals surface area (Å²) in [5.74, 6) is 1.08. The first kappa shape index (κ1) is 16.3. The molecule has 0 bridgehead atoms.